The number of carbonyl (C=O) groups is 2. The number of likely N-dealkylation sites (tertiary alicyclic amines) is 1. The van der Waals surface area contributed by atoms with Crippen molar-refractivity contribution in [1.29, 1.82) is 0 Å². The molecule has 0 aliphatic carbocycles. The van der Waals surface area contributed by atoms with Gasteiger partial charge in [-0.2, -0.15) is 0 Å². The quantitative estimate of drug-likeness (QED) is 0.642. The van der Waals surface area contributed by atoms with Crippen LogP contribution in [-0.4, -0.2) is 41.1 Å². The molecule has 0 radical (unpaired) electrons. The standard InChI is InChI=1S/C23H30N2O5/c1-16-21(17(2)30-24-16)15-28-20-10-8-19(9-11-20)14-22(26)29-18(3)23(27)25-12-6-4-5-7-13-25/h8-11,18H,4-7,12-15H2,1-3H3. The van der Waals surface area contributed by atoms with E-state index in [-0.39, 0.29) is 12.3 Å². The van der Waals surface area contributed by atoms with Gasteiger partial charge in [0.2, 0.25) is 0 Å². The number of carbonyl (C=O) groups excluding carboxylic acids is 2. The minimum absolute atomic E-state index is 0.103. The fraction of sp³-hybridized carbons (Fsp3) is 0.522. The van der Waals surface area contributed by atoms with E-state index in [1.54, 1.807) is 6.92 Å². The largest absolute Gasteiger partial charge is 0.489 e. The van der Waals surface area contributed by atoms with Gasteiger partial charge in [-0.1, -0.05) is 30.1 Å². The first-order valence-electron chi connectivity index (χ1n) is 10.6. The van der Waals surface area contributed by atoms with Crippen molar-refractivity contribution in [3.63, 3.8) is 0 Å². The van der Waals surface area contributed by atoms with Gasteiger partial charge in [0.15, 0.2) is 6.10 Å². The highest BCUT2D eigenvalue weighted by Gasteiger charge is 2.24. The number of amides is 1. The van der Waals surface area contributed by atoms with Gasteiger partial charge in [-0.3, -0.25) is 9.59 Å². The summed E-state index contributed by atoms with van der Waals surface area (Å²) >= 11 is 0. The van der Waals surface area contributed by atoms with E-state index >= 15 is 0 Å². The summed E-state index contributed by atoms with van der Waals surface area (Å²) in [6.45, 7) is 7.25. The Morgan fingerprint density at radius 3 is 2.37 bits per heavy atom. The molecule has 7 nitrogen and oxygen atoms in total. The third-order valence-electron chi connectivity index (χ3n) is 5.41. The van der Waals surface area contributed by atoms with Crippen LogP contribution in [0.3, 0.4) is 0 Å². The van der Waals surface area contributed by atoms with Crippen LogP contribution < -0.4 is 4.74 Å². The zero-order valence-electron chi connectivity index (χ0n) is 18.0. The molecule has 2 heterocycles. The summed E-state index contributed by atoms with van der Waals surface area (Å²) in [5.74, 6) is 0.927. The number of nitrogens with zero attached hydrogens (tertiary/aromatic N) is 2. The predicted octanol–water partition coefficient (Wildman–Crippen LogP) is 3.75. The molecule has 1 aliphatic rings. The molecule has 1 aromatic carbocycles. The molecular weight excluding hydrogens is 384 g/mol. The lowest BCUT2D eigenvalue weighted by molar-refractivity contribution is -0.158. The number of hydrogen-bond donors (Lipinski definition) is 0. The summed E-state index contributed by atoms with van der Waals surface area (Å²) in [5, 5.41) is 3.91. The minimum atomic E-state index is -0.756. The predicted molar refractivity (Wildman–Crippen MR) is 111 cm³/mol. The number of rotatable bonds is 7. The second-order valence-electron chi connectivity index (χ2n) is 7.78. The van der Waals surface area contributed by atoms with Gasteiger partial charge in [-0.15, -0.1) is 0 Å². The molecule has 162 valence electrons. The molecule has 1 fully saturated rings. The van der Waals surface area contributed by atoms with Gasteiger partial charge in [-0.05, 0) is 51.3 Å². The van der Waals surface area contributed by atoms with Gasteiger partial charge in [-0.25, -0.2) is 0 Å². The summed E-state index contributed by atoms with van der Waals surface area (Å²) in [4.78, 5) is 26.6. The molecule has 0 saturated carbocycles. The van der Waals surface area contributed by atoms with Crippen molar-refractivity contribution in [2.45, 2.75) is 65.6 Å². The van der Waals surface area contributed by atoms with E-state index in [9.17, 15) is 9.59 Å². The first kappa shape index (κ1) is 21.9. The molecule has 30 heavy (non-hydrogen) atoms. The van der Waals surface area contributed by atoms with Crippen LogP contribution in [0.2, 0.25) is 0 Å². The molecule has 1 unspecified atom stereocenters. The fourth-order valence-electron chi connectivity index (χ4n) is 3.57. The average Bonchev–Trinajstić information content (AvgIpc) is 2.91. The van der Waals surface area contributed by atoms with Crippen LogP contribution >= 0.6 is 0 Å². The maximum Gasteiger partial charge on any atom is 0.311 e. The molecule has 0 bridgehead atoms. The van der Waals surface area contributed by atoms with Gasteiger partial charge in [0.05, 0.1) is 17.7 Å². The van der Waals surface area contributed by atoms with Crippen LogP contribution in [0.5, 0.6) is 5.75 Å². The number of aryl methyl sites for hydroxylation is 2. The van der Waals surface area contributed by atoms with E-state index in [1.807, 2.05) is 43.0 Å². The lowest BCUT2D eigenvalue weighted by Crippen LogP contribution is -2.40. The topological polar surface area (TPSA) is 81.9 Å². The highest BCUT2D eigenvalue weighted by Crippen LogP contribution is 2.18. The van der Waals surface area contributed by atoms with Crippen molar-refractivity contribution in [1.82, 2.24) is 10.1 Å². The number of benzene rings is 1. The second kappa shape index (κ2) is 10.3. The normalized spacial score (nSPS) is 15.4. The maximum atomic E-state index is 12.5. The zero-order valence-corrected chi connectivity index (χ0v) is 18.0. The Hall–Kier alpha value is -2.83. The van der Waals surface area contributed by atoms with Crippen molar-refractivity contribution >= 4 is 11.9 Å². The molecule has 0 spiro atoms. The summed E-state index contributed by atoms with van der Waals surface area (Å²) in [6, 6.07) is 7.27. The van der Waals surface area contributed by atoms with Gasteiger partial charge in [0.25, 0.3) is 5.91 Å². The minimum Gasteiger partial charge on any atom is -0.489 e. The van der Waals surface area contributed by atoms with Gasteiger partial charge in [0, 0.05) is 13.1 Å². The second-order valence-corrected chi connectivity index (χ2v) is 7.78. The molecule has 7 heteroatoms. The fourth-order valence-corrected chi connectivity index (χ4v) is 3.57. The molecule has 2 aromatic rings. The molecule has 1 aliphatic heterocycles. The highest BCUT2D eigenvalue weighted by atomic mass is 16.5. The molecule has 1 aromatic heterocycles. The summed E-state index contributed by atoms with van der Waals surface area (Å²) < 4.78 is 16.3. The summed E-state index contributed by atoms with van der Waals surface area (Å²) in [5.41, 5.74) is 2.56. The Kier molecular flexibility index (Phi) is 7.49. The SMILES string of the molecule is Cc1noc(C)c1COc1ccc(CC(=O)OC(C)C(=O)N2CCCCCC2)cc1. The Bertz CT molecular complexity index is 831. The maximum absolute atomic E-state index is 12.5. The number of ether oxygens (including phenoxy) is 2. The average molecular weight is 415 g/mol. The van der Waals surface area contributed by atoms with Crippen molar-refractivity contribution in [2.24, 2.45) is 0 Å². The molecule has 3 rings (SSSR count). The zero-order chi connectivity index (χ0) is 21.5. The Morgan fingerprint density at radius 2 is 1.77 bits per heavy atom. The van der Waals surface area contributed by atoms with Crippen molar-refractivity contribution < 1.29 is 23.6 Å². The number of aromatic nitrogens is 1. The smallest absolute Gasteiger partial charge is 0.311 e. The highest BCUT2D eigenvalue weighted by molar-refractivity contribution is 5.84. The molecular formula is C23H30N2O5. The van der Waals surface area contributed by atoms with Gasteiger partial charge < -0.3 is 18.9 Å². The molecule has 0 N–H and O–H groups in total. The number of hydrogen-bond acceptors (Lipinski definition) is 6. The van der Waals surface area contributed by atoms with Gasteiger partial charge >= 0.3 is 5.97 Å². The van der Waals surface area contributed by atoms with E-state index in [0.29, 0.717) is 12.4 Å². The third kappa shape index (κ3) is 5.84. The van der Waals surface area contributed by atoms with Crippen LogP contribution in [0.15, 0.2) is 28.8 Å². The Labute approximate surface area is 177 Å². The first-order valence-corrected chi connectivity index (χ1v) is 10.6. The van der Waals surface area contributed by atoms with Crippen LogP contribution in [0.25, 0.3) is 0 Å². The summed E-state index contributed by atoms with van der Waals surface area (Å²) in [7, 11) is 0. The first-order chi connectivity index (χ1) is 14.4. The van der Waals surface area contributed by atoms with Gasteiger partial charge in [0.1, 0.15) is 18.1 Å². The monoisotopic (exact) mass is 414 g/mol. The third-order valence-corrected chi connectivity index (χ3v) is 5.41. The Morgan fingerprint density at radius 1 is 1.10 bits per heavy atom. The van der Waals surface area contributed by atoms with E-state index in [0.717, 1.165) is 61.4 Å². The van der Waals surface area contributed by atoms with Crippen LogP contribution in [0.1, 0.15) is 55.2 Å². The van der Waals surface area contributed by atoms with E-state index in [2.05, 4.69) is 5.16 Å². The van der Waals surface area contributed by atoms with Crippen LogP contribution in [-0.2, 0) is 27.4 Å². The van der Waals surface area contributed by atoms with Crippen molar-refractivity contribution in [3.05, 3.63) is 46.8 Å². The lowest BCUT2D eigenvalue weighted by Gasteiger charge is -2.24. The van der Waals surface area contributed by atoms with E-state index in [1.165, 1.54) is 0 Å². The summed E-state index contributed by atoms with van der Waals surface area (Å²) in [6.07, 6.45) is 3.68. The van der Waals surface area contributed by atoms with Crippen molar-refractivity contribution in [2.75, 3.05) is 13.1 Å². The van der Waals surface area contributed by atoms with Crippen LogP contribution in [0, 0.1) is 13.8 Å². The Balaban J connectivity index is 1.47. The van der Waals surface area contributed by atoms with Crippen molar-refractivity contribution in [3.8, 4) is 5.75 Å². The van der Waals surface area contributed by atoms with Crippen LogP contribution in [0.4, 0.5) is 0 Å². The number of esters is 1. The lowest BCUT2D eigenvalue weighted by atomic mass is 10.1. The van der Waals surface area contributed by atoms with E-state index in [4.69, 9.17) is 14.0 Å². The van der Waals surface area contributed by atoms with E-state index < -0.39 is 12.1 Å². The molecule has 1 saturated heterocycles. The molecule has 1 atom stereocenters. The molecule has 1 amide bonds.